The van der Waals surface area contributed by atoms with Crippen LogP contribution in [0.15, 0.2) is 42.9 Å². The van der Waals surface area contributed by atoms with Crippen LogP contribution in [0.4, 0.5) is 4.79 Å². The molecule has 0 aliphatic heterocycles. The van der Waals surface area contributed by atoms with Gasteiger partial charge in [0.2, 0.25) is 0 Å². The Labute approximate surface area is 176 Å². The van der Waals surface area contributed by atoms with Gasteiger partial charge in [0.1, 0.15) is 5.60 Å². The van der Waals surface area contributed by atoms with Crippen LogP contribution in [0.3, 0.4) is 0 Å². The summed E-state index contributed by atoms with van der Waals surface area (Å²) in [6.45, 7) is 6.51. The topological polar surface area (TPSA) is 81.9 Å². The molecule has 30 heavy (non-hydrogen) atoms. The Morgan fingerprint density at radius 2 is 1.97 bits per heavy atom. The van der Waals surface area contributed by atoms with Gasteiger partial charge in [0.25, 0.3) is 0 Å². The van der Waals surface area contributed by atoms with Crippen molar-refractivity contribution in [2.45, 2.75) is 64.6 Å². The highest BCUT2D eigenvalue weighted by Crippen LogP contribution is 2.31. The molecule has 0 unspecified atom stereocenters. The summed E-state index contributed by atoms with van der Waals surface area (Å²) < 4.78 is 7.28. The van der Waals surface area contributed by atoms with Crippen LogP contribution in [-0.2, 0) is 11.3 Å². The molecule has 0 atom stereocenters. The average molecular weight is 408 g/mol. The summed E-state index contributed by atoms with van der Waals surface area (Å²) in [5.74, 6) is 0.659. The summed E-state index contributed by atoms with van der Waals surface area (Å²) in [4.78, 5) is 21.0. The minimum Gasteiger partial charge on any atom is -0.444 e. The molecule has 0 radical (unpaired) electrons. The highest BCUT2D eigenvalue weighted by Gasteiger charge is 2.31. The Hall–Kier alpha value is -2.96. The van der Waals surface area contributed by atoms with Gasteiger partial charge in [-0.05, 0) is 64.5 Å². The largest absolute Gasteiger partial charge is 0.444 e. The molecule has 1 aliphatic rings. The van der Waals surface area contributed by atoms with E-state index in [0.29, 0.717) is 5.92 Å². The molecule has 0 bridgehead atoms. The number of aryl methyl sites for hydroxylation is 1. The molecule has 0 saturated heterocycles. The highest BCUT2D eigenvalue weighted by molar-refractivity contribution is 5.76. The zero-order chi connectivity index (χ0) is 21.1. The molecule has 2 aromatic heterocycles. The smallest absolute Gasteiger partial charge is 0.407 e. The molecular weight excluding hydrogens is 378 g/mol. The van der Waals surface area contributed by atoms with Crippen molar-refractivity contribution >= 4 is 17.1 Å². The lowest BCUT2D eigenvalue weighted by molar-refractivity contribution is 0.0448. The maximum atomic E-state index is 11.8. The number of alkyl carbamates (subject to hydrolysis) is 1. The summed E-state index contributed by atoms with van der Waals surface area (Å²) in [6.07, 6.45) is 9.62. The quantitative estimate of drug-likeness (QED) is 0.647. The van der Waals surface area contributed by atoms with Crippen LogP contribution in [0.1, 0.15) is 46.5 Å². The van der Waals surface area contributed by atoms with Crippen LogP contribution in [0.25, 0.3) is 22.3 Å². The van der Waals surface area contributed by atoms with Crippen LogP contribution in [-0.4, -0.2) is 37.5 Å². The van der Waals surface area contributed by atoms with Gasteiger partial charge in [-0.25, -0.2) is 9.78 Å². The first-order valence-electron chi connectivity index (χ1n) is 10.6. The molecule has 1 N–H and O–H groups in total. The van der Waals surface area contributed by atoms with Crippen molar-refractivity contribution in [2.75, 3.05) is 0 Å². The molecule has 1 aromatic carbocycles. The number of ether oxygens (including phenoxy) is 1. The lowest BCUT2D eigenvalue weighted by Gasteiger charge is -2.36. The summed E-state index contributed by atoms with van der Waals surface area (Å²) in [5, 5.41) is 7.43. The number of fused-ring (bicyclic) bond motifs is 1. The monoisotopic (exact) mass is 407 g/mol. The van der Waals surface area contributed by atoms with Gasteiger partial charge in [-0.3, -0.25) is 9.67 Å². The fraction of sp³-hybridized carbons (Fsp3) is 0.478. The van der Waals surface area contributed by atoms with Crippen molar-refractivity contribution in [1.82, 2.24) is 25.1 Å². The first-order chi connectivity index (χ1) is 14.4. The third-order valence-corrected chi connectivity index (χ3v) is 5.33. The lowest BCUT2D eigenvalue weighted by Crippen LogP contribution is -2.46. The highest BCUT2D eigenvalue weighted by atomic mass is 16.6. The number of carbonyl (C=O) groups is 1. The van der Waals surface area contributed by atoms with Gasteiger partial charge < -0.3 is 10.1 Å². The van der Waals surface area contributed by atoms with Crippen LogP contribution in [0, 0.1) is 5.92 Å². The van der Waals surface area contributed by atoms with Gasteiger partial charge in [0.05, 0.1) is 29.1 Å². The maximum absolute atomic E-state index is 11.8. The van der Waals surface area contributed by atoms with Gasteiger partial charge >= 0.3 is 6.09 Å². The van der Waals surface area contributed by atoms with E-state index >= 15 is 0 Å². The van der Waals surface area contributed by atoms with E-state index in [4.69, 9.17) is 4.74 Å². The first kappa shape index (κ1) is 20.3. The summed E-state index contributed by atoms with van der Waals surface area (Å²) in [5.41, 5.74) is 3.17. The number of nitrogens with zero attached hydrogens (tertiary/aromatic N) is 4. The maximum Gasteiger partial charge on any atom is 0.407 e. The van der Waals surface area contributed by atoms with Crippen LogP contribution >= 0.6 is 0 Å². The molecule has 2 heterocycles. The average Bonchev–Trinajstić information content (AvgIpc) is 3.13. The molecule has 1 saturated carbocycles. The van der Waals surface area contributed by atoms with Crippen molar-refractivity contribution in [3.05, 3.63) is 42.9 Å². The molecule has 7 heteroatoms. The number of nitrogens with one attached hydrogen (secondary N) is 1. The Morgan fingerprint density at radius 3 is 2.73 bits per heavy atom. The van der Waals surface area contributed by atoms with E-state index in [-0.39, 0.29) is 12.1 Å². The van der Waals surface area contributed by atoms with Gasteiger partial charge in [-0.2, -0.15) is 5.10 Å². The second-order valence-electron chi connectivity index (χ2n) is 9.06. The van der Waals surface area contributed by atoms with E-state index < -0.39 is 5.60 Å². The van der Waals surface area contributed by atoms with E-state index in [1.54, 1.807) is 6.20 Å². The Balaban J connectivity index is 1.21. The number of hydrogen-bond donors (Lipinski definition) is 1. The zero-order valence-corrected chi connectivity index (χ0v) is 17.8. The summed E-state index contributed by atoms with van der Waals surface area (Å²) in [7, 11) is 0. The standard InChI is InChI=1S/C23H29N5O2/c1-23(2,3)30-22(29)26-18-11-16(12-18)7-6-10-28-15-17(13-25-28)21-14-24-19-8-4-5-9-20(19)27-21/h4-5,8-9,13-16,18H,6-7,10-12H2,1-3H3,(H,26,29). The number of hydrogen-bond acceptors (Lipinski definition) is 5. The molecule has 0 spiro atoms. The van der Waals surface area contributed by atoms with Crippen LogP contribution in [0.5, 0.6) is 0 Å². The Morgan fingerprint density at radius 1 is 1.20 bits per heavy atom. The number of para-hydroxylation sites is 2. The van der Waals surface area contributed by atoms with Crippen molar-refractivity contribution in [2.24, 2.45) is 5.92 Å². The minimum atomic E-state index is -0.450. The molecular formula is C23H29N5O2. The molecule has 4 rings (SSSR count). The lowest BCUT2D eigenvalue weighted by atomic mass is 9.77. The molecule has 158 valence electrons. The van der Waals surface area contributed by atoms with Gasteiger partial charge in [0, 0.05) is 24.3 Å². The van der Waals surface area contributed by atoms with E-state index in [0.717, 1.165) is 54.5 Å². The van der Waals surface area contributed by atoms with Crippen molar-refractivity contribution in [3.63, 3.8) is 0 Å². The van der Waals surface area contributed by atoms with Gasteiger partial charge in [-0.15, -0.1) is 0 Å². The second-order valence-corrected chi connectivity index (χ2v) is 9.06. The first-order valence-corrected chi connectivity index (χ1v) is 10.6. The number of benzene rings is 1. The summed E-state index contributed by atoms with van der Waals surface area (Å²) >= 11 is 0. The third kappa shape index (κ3) is 5.14. The van der Waals surface area contributed by atoms with Crippen molar-refractivity contribution in [1.29, 1.82) is 0 Å². The predicted octanol–water partition coefficient (Wildman–Crippen LogP) is 4.58. The summed E-state index contributed by atoms with van der Waals surface area (Å²) in [6, 6.07) is 8.11. The van der Waals surface area contributed by atoms with Crippen molar-refractivity contribution < 1.29 is 9.53 Å². The SMILES string of the molecule is CC(C)(C)OC(=O)NC1CC(CCCn2cc(-c3cnc4ccccc4n3)cn2)C1. The normalized spacial score (nSPS) is 18.8. The van der Waals surface area contributed by atoms with Gasteiger partial charge in [0.15, 0.2) is 0 Å². The molecule has 1 amide bonds. The number of aromatic nitrogens is 4. The molecule has 1 fully saturated rings. The predicted molar refractivity (Wildman–Crippen MR) is 116 cm³/mol. The van der Waals surface area contributed by atoms with E-state index in [9.17, 15) is 4.79 Å². The van der Waals surface area contributed by atoms with E-state index in [2.05, 4.69) is 20.4 Å². The molecule has 3 aromatic rings. The van der Waals surface area contributed by atoms with Crippen LogP contribution in [0.2, 0.25) is 0 Å². The minimum absolute atomic E-state index is 0.243. The number of carbonyl (C=O) groups excluding carboxylic acids is 1. The van der Waals surface area contributed by atoms with E-state index in [1.807, 2.05) is 62.1 Å². The van der Waals surface area contributed by atoms with Gasteiger partial charge in [-0.1, -0.05) is 12.1 Å². The molecule has 1 aliphatic carbocycles. The van der Waals surface area contributed by atoms with E-state index in [1.165, 1.54) is 0 Å². The van der Waals surface area contributed by atoms with Crippen molar-refractivity contribution in [3.8, 4) is 11.3 Å². The fourth-order valence-electron chi connectivity index (χ4n) is 3.82. The second kappa shape index (κ2) is 8.42. The number of amides is 1. The Kier molecular flexibility index (Phi) is 5.70. The number of rotatable bonds is 6. The third-order valence-electron chi connectivity index (χ3n) is 5.33. The zero-order valence-electron chi connectivity index (χ0n) is 17.8. The fourth-order valence-corrected chi connectivity index (χ4v) is 3.82. The van der Waals surface area contributed by atoms with Crippen LogP contribution < -0.4 is 5.32 Å². The Bertz CT molecular complexity index is 1020. The molecule has 7 nitrogen and oxygen atoms in total.